The van der Waals surface area contributed by atoms with E-state index >= 15 is 0 Å². The molecule has 0 bridgehead atoms. The highest BCUT2D eigenvalue weighted by Crippen LogP contribution is 2.40. The van der Waals surface area contributed by atoms with Gasteiger partial charge in [0.25, 0.3) is 0 Å². The van der Waals surface area contributed by atoms with Crippen LogP contribution in [0.15, 0.2) is 5.16 Å². The molecule has 0 aromatic carbocycles. The molecule has 0 radical (unpaired) electrons. The van der Waals surface area contributed by atoms with Crippen LogP contribution in [-0.2, 0) is 17.6 Å². The molecule has 0 saturated carbocycles. The zero-order valence-electron chi connectivity index (χ0n) is 12.0. The van der Waals surface area contributed by atoms with Gasteiger partial charge in [-0.05, 0) is 37.5 Å². The standard InChI is InChI=1S/C14H17N3O2S2/c1-17(7-10(18)19)12-11-8-5-3-4-6-9(8)21-13(11)16-14(15-12)20-2/h3-7H2,1-2H3,(H,18,19). The van der Waals surface area contributed by atoms with Crippen LogP contribution >= 0.6 is 23.1 Å². The Balaban J connectivity index is 2.19. The van der Waals surface area contributed by atoms with E-state index < -0.39 is 5.97 Å². The van der Waals surface area contributed by atoms with E-state index in [0.29, 0.717) is 5.16 Å². The molecule has 3 rings (SSSR count). The molecular weight excluding hydrogens is 306 g/mol. The molecular formula is C14H17N3O2S2. The van der Waals surface area contributed by atoms with Crippen molar-refractivity contribution in [1.29, 1.82) is 0 Å². The normalized spacial score (nSPS) is 14.2. The van der Waals surface area contributed by atoms with E-state index in [0.717, 1.165) is 28.9 Å². The highest BCUT2D eigenvalue weighted by molar-refractivity contribution is 7.98. The van der Waals surface area contributed by atoms with Crippen LogP contribution in [0.25, 0.3) is 10.2 Å². The summed E-state index contributed by atoms with van der Waals surface area (Å²) in [5, 5.41) is 10.8. The Morgan fingerprint density at radius 2 is 2.14 bits per heavy atom. The zero-order chi connectivity index (χ0) is 15.0. The summed E-state index contributed by atoms with van der Waals surface area (Å²) in [6.07, 6.45) is 6.50. The van der Waals surface area contributed by atoms with Gasteiger partial charge in [0.2, 0.25) is 0 Å². The third-order valence-electron chi connectivity index (χ3n) is 3.69. The number of fused-ring (bicyclic) bond motifs is 3. The number of carboxylic acids is 1. The Hall–Kier alpha value is -1.34. The predicted octanol–water partition coefficient (Wildman–Crippen LogP) is 2.81. The van der Waals surface area contributed by atoms with Gasteiger partial charge >= 0.3 is 5.97 Å². The third kappa shape index (κ3) is 2.72. The van der Waals surface area contributed by atoms with Crippen molar-refractivity contribution in [1.82, 2.24) is 9.97 Å². The van der Waals surface area contributed by atoms with E-state index in [-0.39, 0.29) is 6.54 Å². The van der Waals surface area contributed by atoms with E-state index in [9.17, 15) is 4.79 Å². The minimum atomic E-state index is -0.848. The van der Waals surface area contributed by atoms with Crippen molar-refractivity contribution in [2.45, 2.75) is 30.8 Å². The van der Waals surface area contributed by atoms with Crippen LogP contribution < -0.4 is 4.90 Å². The lowest BCUT2D eigenvalue weighted by molar-refractivity contribution is -0.135. The van der Waals surface area contributed by atoms with Crippen LogP contribution in [0.4, 0.5) is 5.82 Å². The molecule has 0 spiro atoms. The second-order valence-electron chi connectivity index (χ2n) is 5.17. The van der Waals surface area contributed by atoms with Gasteiger partial charge < -0.3 is 10.0 Å². The van der Waals surface area contributed by atoms with Crippen molar-refractivity contribution in [2.75, 3.05) is 24.7 Å². The Labute approximate surface area is 131 Å². The summed E-state index contributed by atoms with van der Waals surface area (Å²) in [7, 11) is 1.78. The smallest absolute Gasteiger partial charge is 0.323 e. The van der Waals surface area contributed by atoms with Crippen molar-refractivity contribution in [3.8, 4) is 0 Å². The first kappa shape index (κ1) is 14.6. The predicted molar refractivity (Wildman–Crippen MR) is 86.7 cm³/mol. The van der Waals surface area contributed by atoms with Crippen molar-refractivity contribution < 1.29 is 9.90 Å². The average molecular weight is 323 g/mol. The second-order valence-corrected chi connectivity index (χ2v) is 7.03. The number of thioether (sulfide) groups is 1. The molecule has 0 fully saturated rings. The number of aliphatic carboxylic acids is 1. The van der Waals surface area contributed by atoms with Gasteiger partial charge in [-0.2, -0.15) is 0 Å². The monoisotopic (exact) mass is 323 g/mol. The molecule has 2 aromatic rings. The van der Waals surface area contributed by atoms with E-state index in [2.05, 4.69) is 9.97 Å². The van der Waals surface area contributed by atoms with Gasteiger partial charge in [-0.25, -0.2) is 9.97 Å². The lowest BCUT2D eigenvalue weighted by Crippen LogP contribution is -2.26. The molecule has 1 N–H and O–H groups in total. The number of aromatic nitrogens is 2. The minimum Gasteiger partial charge on any atom is -0.480 e. The Morgan fingerprint density at radius 3 is 2.86 bits per heavy atom. The first-order valence-corrected chi connectivity index (χ1v) is 8.93. The van der Waals surface area contributed by atoms with Crippen LogP contribution in [-0.4, -0.2) is 40.9 Å². The first-order valence-electron chi connectivity index (χ1n) is 6.89. The summed E-state index contributed by atoms with van der Waals surface area (Å²) in [6, 6.07) is 0. The Bertz CT molecular complexity index is 699. The van der Waals surface area contributed by atoms with Gasteiger partial charge in [0.15, 0.2) is 5.16 Å². The lowest BCUT2D eigenvalue weighted by Gasteiger charge is -2.19. The van der Waals surface area contributed by atoms with Crippen LogP contribution in [0, 0.1) is 0 Å². The Morgan fingerprint density at radius 1 is 1.38 bits per heavy atom. The maximum Gasteiger partial charge on any atom is 0.323 e. The fourth-order valence-corrected chi connectivity index (χ4v) is 4.44. The molecule has 1 aliphatic rings. The quantitative estimate of drug-likeness (QED) is 0.689. The molecule has 2 aromatic heterocycles. The van der Waals surface area contributed by atoms with Crippen molar-refractivity contribution >= 4 is 45.1 Å². The van der Waals surface area contributed by atoms with Crippen LogP contribution in [0.2, 0.25) is 0 Å². The van der Waals surface area contributed by atoms with Gasteiger partial charge in [-0.15, -0.1) is 11.3 Å². The highest BCUT2D eigenvalue weighted by Gasteiger charge is 2.23. The summed E-state index contributed by atoms with van der Waals surface area (Å²) in [5.74, 6) is -0.0924. The molecule has 0 amide bonds. The van der Waals surface area contributed by atoms with E-state index in [4.69, 9.17) is 5.11 Å². The molecule has 7 heteroatoms. The molecule has 5 nitrogen and oxygen atoms in total. The lowest BCUT2D eigenvalue weighted by atomic mass is 9.97. The van der Waals surface area contributed by atoms with E-state index in [1.807, 2.05) is 6.26 Å². The van der Waals surface area contributed by atoms with Crippen molar-refractivity contribution in [3.63, 3.8) is 0 Å². The van der Waals surface area contributed by atoms with Gasteiger partial charge in [0, 0.05) is 11.9 Å². The van der Waals surface area contributed by atoms with Crippen molar-refractivity contribution in [3.05, 3.63) is 10.4 Å². The van der Waals surface area contributed by atoms with Crippen molar-refractivity contribution in [2.24, 2.45) is 0 Å². The molecule has 0 saturated heterocycles. The molecule has 112 valence electrons. The highest BCUT2D eigenvalue weighted by atomic mass is 32.2. The van der Waals surface area contributed by atoms with Crippen LogP contribution in [0.3, 0.4) is 0 Å². The number of likely N-dealkylation sites (N-methyl/N-ethyl adjacent to an activating group) is 1. The number of rotatable bonds is 4. The fourth-order valence-electron chi connectivity index (χ4n) is 2.76. The number of nitrogens with zero attached hydrogens (tertiary/aromatic N) is 3. The molecule has 0 unspecified atom stereocenters. The number of anilines is 1. The van der Waals surface area contributed by atoms with Gasteiger partial charge in [-0.1, -0.05) is 11.8 Å². The SMILES string of the molecule is CSc1nc(N(C)CC(=O)O)c2c3c(sc2n1)CCCC3. The number of carboxylic acid groups (broad SMARTS) is 1. The Kier molecular flexibility index (Phi) is 4.03. The largest absolute Gasteiger partial charge is 0.480 e. The van der Waals surface area contributed by atoms with E-state index in [1.54, 1.807) is 23.3 Å². The number of thiophene rings is 1. The van der Waals surface area contributed by atoms with E-state index in [1.165, 1.54) is 35.0 Å². The first-order chi connectivity index (χ1) is 10.1. The van der Waals surface area contributed by atoms with Gasteiger partial charge in [0.1, 0.15) is 17.2 Å². The maximum atomic E-state index is 11.0. The maximum absolute atomic E-state index is 11.0. The number of aryl methyl sites for hydroxylation is 2. The summed E-state index contributed by atoms with van der Waals surface area (Å²) in [6.45, 7) is -0.0510. The molecule has 21 heavy (non-hydrogen) atoms. The van der Waals surface area contributed by atoms with Gasteiger partial charge in [-0.3, -0.25) is 4.79 Å². The zero-order valence-corrected chi connectivity index (χ0v) is 13.7. The third-order valence-corrected chi connectivity index (χ3v) is 5.43. The molecule has 0 aliphatic heterocycles. The summed E-state index contributed by atoms with van der Waals surface area (Å²) >= 11 is 3.23. The second kappa shape index (κ2) is 5.81. The average Bonchev–Trinajstić information content (AvgIpc) is 2.83. The number of hydrogen-bond donors (Lipinski definition) is 1. The molecule has 1 aliphatic carbocycles. The summed E-state index contributed by atoms with van der Waals surface area (Å²) < 4.78 is 0. The summed E-state index contributed by atoms with van der Waals surface area (Å²) in [5.41, 5.74) is 1.33. The topological polar surface area (TPSA) is 66.3 Å². The summed E-state index contributed by atoms with van der Waals surface area (Å²) in [4.78, 5) is 24.3. The van der Waals surface area contributed by atoms with Gasteiger partial charge in [0.05, 0.1) is 5.39 Å². The molecule has 0 atom stereocenters. The fraction of sp³-hybridized carbons (Fsp3) is 0.500. The number of carbonyl (C=O) groups is 1. The molecule has 2 heterocycles. The van der Waals surface area contributed by atoms with Crippen LogP contribution in [0.1, 0.15) is 23.3 Å². The number of hydrogen-bond acceptors (Lipinski definition) is 6. The minimum absolute atomic E-state index is 0.0510. The van der Waals surface area contributed by atoms with Crippen LogP contribution in [0.5, 0.6) is 0 Å².